The van der Waals surface area contributed by atoms with Crippen LogP contribution in [0.5, 0.6) is 0 Å². The molecule has 0 bridgehead atoms. The highest BCUT2D eigenvalue weighted by atomic mass is 35.5. The molecule has 0 saturated heterocycles. The zero-order valence-corrected chi connectivity index (χ0v) is 21.0. The zero-order chi connectivity index (χ0) is 24.6. The highest BCUT2D eigenvalue weighted by molar-refractivity contribution is 7.84. The van der Waals surface area contributed by atoms with E-state index in [9.17, 15) is 13.2 Å². The second-order valence-electron chi connectivity index (χ2n) is 8.73. The van der Waals surface area contributed by atoms with Gasteiger partial charge in [0.05, 0.1) is 17.0 Å². The van der Waals surface area contributed by atoms with E-state index < -0.39 is 10.3 Å². The number of benzene rings is 1. The number of aromatic nitrogens is 2. The number of thiophene rings is 1. The van der Waals surface area contributed by atoms with Gasteiger partial charge in [-0.2, -0.15) is 8.42 Å². The van der Waals surface area contributed by atoms with Crippen molar-refractivity contribution < 1.29 is 17.4 Å². The topological polar surface area (TPSA) is 124 Å². The first-order chi connectivity index (χ1) is 16.8. The summed E-state index contributed by atoms with van der Waals surface area (Å²) < 4.78 is 26.8. The van der Waals surface area contributed by atoms with Crippen LogP contribution < -0.4 is 10.5 Å². The Balaban J connectivity index is 1.30. The van der Waals surface area contributed by atoms with Crippen molar-refractivity contribution in [3.8, 4) is 0 Å². The molecule has 8 nitrogen and oxygen atoms in total. The number of nitrogens with two attached hydrogens (primary N) is 1. The summed E-state index contributed by atoms with van der Waals surface area (Å²) in [5.74, 6) is 0.462. The van der Waals surface area contributed by atoms with Crippen LogP contribution in [-0.4, -0.2) is 30.8 Å². The van der Waals surface area contributed by atoms with E-state index in [-0.39, 0.29) is 24.2 Å². The zero-order valence-electron chi connectivity index (χ0n) is 18.6. The predicted molar refractivity (Wildman–Crippen MR) is 135 cm³/mol. The average molecular weight is 531 g/mol. The predicted octanol–water partition coefficient (Wildman–Crippen LogP) is 4.43. The third-order valence-electron chi connectivity index (χ3n) is 6.34. The number of hydrogen-bond donors (Lipinski definition) is 2. The number of halogens is 1. The molecule has 2 heterocycles. The quantitative estimate of drug-likeness (QED) is 0.413. The number of aryl methyl sites for hydroxylation is 1. The first kappa shape index (κ1) is 24.1. The lowest BCUT2D eigenvalue weighted by Crippen LogP contribution is -2.20. The molecule has 2 atom stereocenters. The maximum atomic E-state index is 13.4. The Hall–Kier alpha value is -2.63. The van der Waals surface area contributed by atoms with E-state index in [2.05, 4.69) is 21.4 Å². The first-order valence-electron chi connectivity index (χ1n) is 11.1. The minimum Gasteiger partial charge on any atom is -0.343 e. The van der Waals surface area contributed by atoms with Gasteiger partial charge in [0.1, 0.15) is 12.1 Å². The molecule has 0 spiro atoms. The van der Waals surface area contributed by atoms with Crippen LogP contribution in [0.3, 0.4) is 0 Å². The van der Waals surface area contributed by atoms with Crippen molar-refractivity contribution in [2.45, 2.75) is 31.6 Å². The van der Waals surface area contributed by atoms with Crippen LogP contribution in [0, 0.1) is 5.92 Å². The number of nitrogens with one attached hydrogen (secondary N) is 1. The molecular formula is C24H23ClN4O4S2. The van der Waals surface area contributed by atoms with Gasteiger partial charge in [-0.05, 0) is 71.9 Å². The summed E-state index contributed by atoms with van der Waals surface area (Å²) in [6.45, 7) is 0.00353. The number of allylic oxidation sites excluding steroid dienone is 2. The monoisotopic (exact) mass is 530 g/mol. The molecule has 2 aliphatic carbocycles. The maximum Gasteiger partial charge on any atom is 0.333 e. The van der Waals surface area contributed by atoms with Gasteiger partial charge in [-0.25, -0.2) is 15.1 Å². The molecule has 2 aliphatic rings. The summed E-state index contributed by atoms with van der Waals surface area (Å²) >= 11 is 7.64. The summed E-state index contributed by atoms with van der Waals surface area (Å²) in [4.78, 5) is 22.4. The molecule has 1 aromatic carbocycles. The molecule has 3 aromatic rings. The van der Waals surface area contributed by atoms with Crippen LogP contribution in [0.25, 0.3) is 0 Å². The summed E-state index contributed by atoms with van der Waals surface area (Å²) in [7, 11) is -3.97. The van der Waals surface area contributed by atoms with Gasteiger partial charge < -0.3 is 5.32 Å². The van der Waals surface area contributed by atoms with Crippen molar-refractivity contribution in [3.05, 3.63) is 86.1 Å². The van der Waals surface area contributed by atoms with Gasteiger partial charge >= 0.3 is 10.3 Å². The number of hydrogen-bond acceptors (Lipinski definition) is 8. The number of nitrogens with zero attached hydrogens (tertiary/aromatic N) is 2. The van der Waals surface area contributed by atoms with Crippen LogP contribution in [0.4, 0.5) is 5.82 Å². The van der Waals surface area contributed by atoms with Crippen LogP contribution in [0.15, 0.2) is 53.9 Å². The van der Waals surface area contributed by atoms with Crippen molar-refractivity contribution in [2.24, 2.45) is 11.1 Å². The van der Waals surface area contributed by atoms with Crippen molar-refractivity contribution in [2.75, 3.05) is 11.9 Å². The minimum absolute atomic E-state index is 0.00353. The van der Waals surface area contributed by atoms with Gasteiger partial charge in [0.25, 0.3) is 0 Å². The van der Waals surface area contributed by atoms with E-state index in [1.54, 1.807) is 0 Å². The SMILES string of the molecule is NS(=O)(=O)OC[C@@H]1CC=C(Nc2ncncc2C(=O)c2cc(C3CCc4ccc(Cl)cc43)cs2)C1. The highest BCUT2D eigenvalue weighted by Gasteiger charge is 2.27. The van der Waals surface area contributed by atoms with Gasteiger partial charge in [0.2, 0.25) is 5.78 Å². The molecule has 0 fully saturated rings. The molecule has 0 aliphatic heterocycles. The third kappa shape index (κ3) is 5.46. The summed E-state index contributed by atoms with van der Waals surface area (Å²) in [6, 6.07) is 7.99. The van der Waals surface area contributed by atoms with E-state index in [0.29, 0.717) is 29.1 Å². The van der Waals surface area contributed by atoms with Crippen molar-refractivity contribution in [1.82, 2.24) is 9.97 Å². The highest BCUT2D eigenvalue weighted by Crippen LogP contribution is 2.41. The number of carbonyl (C=O) groups excluding carboxylic acids is 1. The number of anilines is 1. The van der Waals surface area contributed by atoms with Gasteiger partial charge in [-0.3, -0.25) is 8.98 Å². The molecule has 35 heavy (non-hydrogen) atoms. The fraction of sp³-hybridized carbons (Fsp3) is 0.292. The molecule has 0 radical (unpaired) electrons. The number of ketones is 1. The Labute approximate surface area is 212 Å². The second-order valence-corrected chi connectivity index (χ2v) is 11.3. The smallest absolute Gasteiger partial charge is 0.333 e. The number of fused-ring (bicyclic) bond motifs is 1. The van der Waals surface area contributed by atoms with E-state index >= 15 is 0 Å². The van der Waals surface area contributed by atoms with Gasteiger partial charge in [-0.15, -0.1) is 11.3 Å². The van der Waals surface area contributed by atoms with Crippen molar-refractivity contribution in [3.63, 3.8) is 0 Å². The van der Waals surface area contributed by atoms with Crippen LogP contribution in [0.2, 0.25) is 5.02 Å². The Morgan fingerprint density at radius 3 is 3.00 bits per heavy atom. The van der Waals surface area contributed by atoms with Crippen LogP contribution in [0.1, 0.15) is 57.1 Å². The molecule has 1 unspecified atom stereocenters. The molecule has 11 heteroatoms. The normalized spacial score (nSPS) is 19.4. The van der Waals surface area contributed by atoms with Gasteiger partial charge in [0, 0.05) is 22.8 Å². The molecule has 5 rings (SSSR count). The van der Waals surface area contributed by atoms with E-state index in [0.717, 1.165) is 29.1 Å². The molecular weight excluding hydrogens is 508 g/mol. The van der Waals surface area contributed by atoms with E-state index in [1.165, 1.54) is 35.0 Å². The number of carbonyl (C=O) groups is 1. The van der Waals surface area contributed by atoms with Gasteiger partial charge in [0.15, 0.2) is 0 Å². The van der Waals surface area contributed by atoms with Crippen LogP contribution in [-0.2, 0) is 20.9 Å². The fourth-order valence-electron chi connectivity index (χ4n) is 4.66. The Morgan fingerprint density at radius 2 is 2.17 bits per heavy atom. The van der Waals surface area contributed by atoms with Gasteiger partial charge in [-0.1, -0.05) is 23.7 Å². The summed E-state index contributed by atoms with van der Waals surface area (Å²) in [5, 5.41) is 10.9. The van der Waals surface area contributed by atoms with Crippen LogP contribution >= 0.6 is 22.9 Å². The fourth-order valence-corrected chi connectivity index (χ4v) is 6.14. The van der Waals surface area contributed by atoms with E-state index in [4.69, 9.17) is 20.9 Å². The minimum atomic E-state index is -3.97. The van der Waals surface area contributed by atoms with Crippen molar-refractivity contribution >= 4 is 44.8 Å². The first-order valence-corrected chi connectivity index (χ1v) is 13.8. The lowest BCUT2D eigenvalue weighted by molar-refractivity contribution is 0.104. The lowest BCUT2D eigenvalue weighted by Gasteiger charge is -2.12. The van der Waals surface area contributed by atoms with E-state index in [1.807, 2.05) is 29.7 Å². The number of rotatable bonds is 8. The largest absolute Gasteiger partial charge is 0.343 e. The Morgan fingerprint density at radius 1 is 1.31 bits per heavy atom. The lowest BCUT2D eigenvalue weighted by atomic mass is 9.95. The standard InChI is InChI=1S/C24H23ClN4O4S2/c25-17-4-2-15-3-6-19(20(15)9-17)16-8-22(34-12-16)23(30)21-10-27-13-28-24(21)29-18-5-1-14(7-18)11-33-35(26,31)32/h2,4-5,8-10,12-14,19H,1,3,6-7,11H2,(H2,26,31,32)(H,27,28,29)/t14-,19?/m1/s1. The summed E-state index contributed by atoms with van der Waals surface area (Å²) in [5.41, 5.74) is 4.86. The van der Waals surface area contributed by atoms with Crippen molar-refractivity contribution in [1.29, 1.82) is 0 Å². The molecule has 182 valence electrons. The molecule has 2 aromatic heterocycles. The second kappa shape index (κ2) is 9.79. The third-order valence-corrected chi connectivity index (χ3v) is 7.99. The maximum absolute atomic E-state index is 13.4. The Bertz CT molecular complexity index is 1420. The molecule has 0 amide bonds. The Kier molecular flexibility index (Phi) is 6.73. The molecule has 3 N–H and O–H groups in total. The molecule has 0 saturated carbocycles. The summed E-state index contributed by atoms with van der Waals surface area (Å²) in [6.07, 6.45) is 8.02. The average Bonchev–Trinajstić information content (AvgIpc) is 3.56.